The fraction of sp³-hybridized carbons (Fsp3) is 0.935. The first kappa shape index (κ1) is 81.2. The van der Waals surface area contributed by atoms with E-state index in [1.54, 1.807) is 0 Å². The van der Waals surface area contributed by atoms with Crippen LogP contribution in [0.3, 0.4) is 0 Å². The van der Waals surface area contributed by atoms with Crippen molar-refractivity contribution >= 4 is 17.9 Å². The third kappa shape index (κ3) is 70.8. The maximum Gasteiger partial charge on any atom is 0.306 e. The van der Waals surface area contributed by atoms with Crippen LogP contribution in [0.4, 0.5) is 0 Å². The van der Waals surface area contributed by atoms with Gasteiger partial charge in [-0.2, -0.15) is 0 Å². The van der Waals surface area contributed by atoms with Gasteiger partial charge in [-0.05, 0) is 44.9 Å². The topological polar surface area (TPSA) is 78.9 Å². The number of hydrogen-bond acceptors (Lipinski definition) is 6. The van der Waals surface area contributed by atoms with Gasteiger partial charge >= 0.3 is 17.9 Å². The number of rotatable bonds is 72. The van der Waals surface area contributed by atoms with Crippen molar-refractivity contribution in [3.63, 3.8) is 0 Å². The van der Waals surface area contributed by atoms with E-state index in [2.05, 4.69) is 32.9 Å². The molecule has 492 valence electrons. The molecule has 0 rings (SSSR count). The van der Waals surface area contributed by atoms with E-state index >= 15 is 0 Å². The van der Waals surface area contributed by atoms with Gasteiger partial charge in [0.05, 0.1) is 0 Å². The number of carbonyl (C=O) groups is 3. The first-order chi connectivity index (χ1) is 41.0. The van der Waals surface area contributed by atoms with Gasteiger partial charge in [-0.25, -0.2) is 0 Å². The van der Waals surface area contributed by atoms with Crippen LogP contribution in [0, 0.1) is 0 Å². The zero-order valence-electron chi connectivity index (χ0n) is 56.8. The summed E-state index contributed by atoms with van der Waals surface area (Å²) in [5.74, 6) is -0.836. The molecule has 0 heterocycles. The van der Waals surface area contributed by atoms with Gasteiger partial charge in [-0.15, -0.1) is 0 Å². The molecule has 0 amide bonds. The van der Waals surface area contributed by atoms with Crippen molar-refractivity contribution in [2.75, 3.05) is 13.2 Å². The van der Waals surface area contributed by atoms with Gasteiger partial charge in [0, 0.05) is 19.3 Å². The maximum atomic E-state index is 12.9. The lowest BCUT2D eigenvalue weighted by molar-refractivity contribution is -0.167. The quantitative estimate of drug-likeness (QED) is 0.0261. The Morgan fingerprint density at radius 3 is 0.602 bits per heavy atom. The molecular formula is C77H148O6. The summed E-state index contributed by atoms with van der Waals surface area (Å²) in [5, 5.41) is 0. The van der Waals surface area contributed by atoms with E-state index in [1.165, 1.54) is 347 Å². The van der Waals surface area contributed by atoms with Crippen molar-refractivity contribution in [3.05, 3.63) is 12.2 Å². The van der Waals surface area contributed by atoms with Crippen molar-refractivity contribution in [1.82, 2.24) is 0 Å². The van der Waals surface area contributed by atoms with E-state index in [9.17, 15) is 14.4 Å². The Bertz CT molecular complexity index is 1300. The van der Waals surface area contributed by atoms with Crippen LogP contribution in [0.1, 0.15) is 445 Å². The molecule has 0 bridgehead atoms. The molecule has 0 saturated carbocycles. The molecule has 6 heteroatoms. The van der Waals surface area contributed by atoms with Gasteiger partial charge in [0.25, 0.3) is 0 Å². The highest BCUT2D eigenvalue weighted by Crippen LogP contribution is 2.20. The molecule has 83 heavy (non-hydrogen) atoms. The Balaban J connectivity index is 3.97. The van der Waals surface area contributed by atoms with Gasteiger partial charge < -0.3 is 14.2 Å². The SMILES string of the molecule is CCCCCCCCCC/C=C\CCCCCCCCCCCC(=O)OC(COC(=O)CCCCCCCCCCC)COC(=O)CCCCCCCCCCCCCCCCCCCCCCCCCCCCCCCCCCCCC. The van der Waals surface area contributed by atoms with Crippen LogP contribution in [-0.4, -0.2) is 37.2 Å². The molecule has 1 unspecified atom stereocenters. The Kier molecular flexibility index (Phi) is 71.0. The van der Waals surface area contributed by atoms with E-state index in [0.29, 0.717) is 19.3 Å². The molecule has 0 aliphatic rings. The average Bonchev–Trinajstić information content (AvgIpc) is 3.49. The Morgan fingerprint density at radius 2 is 0.398 bits per heavy atom. The van der Waals surface area contributed by atoms with Crippen LogP contribution in [0.15, 0.2) is 12.2 Å². The van der Waals surface area contributed by atoms with E-state index in [1.807, 2.05) is 0 Å². The van der Waals surface area contributed by atoms with Gasteiger partial charge in [0.2, 0.25) is 0 Å². The first-order valence-corrected chi connectivity index (χ1v) is 38.2. The summed E-state index contributed by atoms with van der Waals surface area (Å²) in [6.07, 6.45) is 88.7. The van der Waals surface area contributed by atoms with Crippen molar-refractivity contribution < 1.29 is 28.6 Å². The van der Waals surface area contributed by atoms with E-state index in [4.69, 9.17) is 14.2 Å². The number of carbonyl (C=O) groups excluding carboxylic acids is 3. The molecule has 0 saturated heterocycles. The molecule has 0 aliphatic carbocycles. The Labute approximate surface area is 520 Å². The molecule has 6 nitrogen and oxygen atoms in total. The molecular weight excluding hydrogens is 1020 g/mol. The normalized spacial score (nSPS) is 12.0. The number of esters is 3. The number of ether oxygens (including phenoxy) is 3. The van der Waals surface area contributed by atoms with Crippen LogP contribution in [-0.2, 0) is 28.6 Å². The fourth-order valence-corrected chi connectivity index (χ4v) is 12.0. The second kappa shape index (κ2) is 72.6. The number of hydrogen-bond donors (Lipinski definition) is 0. The largest absolute Gasteiger partial charge is 0.462 e. The summed E-state index contributed by atoms with van der Waals surface area (Å²) in [6, 6.07) is 0. The monoisotopic (exact) mass is 1170 g/mol. The highest BCUT2D eigenvalue weighted by molar-refractivity contribution is 5.71. The van der Waals surface area contributed by atoms with Gasteiger partial charge in [-0.3, -0.25) is 14.4 Å². The summed E-state index contributed by atoms with van der Waals surface area (Å²) in [7, 11) is 0. The van der Waals surface area contributed by atoms with Crippen molar-refractivity contribution in [1.29, 1.82) is 0 Å². The van der Waals surface area contributed by atoms with Crippen LogP contribution >= 0.6 is 0 Å². The smallest absolute Gasteiger partial charge is 0.306 e. The third-order valence-electron chi connectivity index (χ3n) is 17.8. The van der Waals surface area contributed by atoms with Crippen molar-refractivity contribution in [2.45, 2.75) is 451 Å². The Morgan fingerprint density at radius 1 is 0.229 bits per heavy atom. The number of unbranched alkanes of at least 4 members (excludes halogenated alkanes) is 59. The molecule has 0 fully saturated rings. The highest BCUT2D eigenvalue weighted by atomic mass is 16.6. The molecule has 0 aromatic heterocycles. The predicted octanol–water partition coefficient (Wildman–Crippen LogP) is 26.3. The predicted molar refractivity (Wildman–Crippen MR) is 363 cm³/mol. The lowest BCUT2D eigenvalue weighted by Crippen LogP contribution is -2.30. The lowest BCUT2D eigenvalue weighted by atomic mass is 10.0. The van der Waals surface area contributed by atoms with E-state index in [0.717, 1.165) is 57.8 Å². The molecule has 0 aromatic carbocycles. The standard InChI is InChI=1S/C77H148O6/c1-4-7-10-13-16-19-21-23-25-27-29-31-32-33-34-35-36-37-38-39-40-41-42-43-44-46-47-49-51-53-55-58-61-64-67-70-76(79)82-73-74(72-81-75(78)69-66-63-60-57-18-15-12-9-6-3)83-77(80)71-68-65-62-59-56-54-52-50-48-45-30-28-26-24-22-20-17-14-11-8-5-2/h28,30,74H,4-27,29,31-73H2,1-3H3/b30-28-. The maximum absolute atomic E-state index is 12.9. The summed E-state index contributed by atoms with van der Waals surface area (Å²) in [4.78, 5) is 38.3. The van der Waals surface area contributed by atoms with E-state index < -0.39 is 6.10 Å². The van der Waals surface area contributed by atoms with E-state index in [-0.39, 0.29) is 31.1 Å². The summed E-state index contributed by atoms with van der Waals surface area (Å²) >= 11 is 0. The summed E-state index contributed by atoms with van der Waals surface area (Å²) in [6.45, 7) is 6.71. The van der Waals surface area contributed by atoms with Crippen molar-refractivity contribution in [3.8, 4) is 0 Å². The minimum Gasteiger partial charge on any atom is -0.462 e. The van der Waals surface area contributed by atoms with Crippen LogP contribution in [0.25, 0.3) is 0 Å². The first-order valence-electron chi connectivity index (χ1n) is 38.2. The average molecular weight is 1170 g/mol. The van der Waals surface area contributed by atoms with Crippen molar-refractivity contribution in [2.24, 2.45) is 0 Å². The lowest BCUT2D eigenvalue weighted by Gasteiger charge is -2.18. The third-order valence-corrected chi connectivity index (χ3v) is 17.8. The van der Waals surface area contributed by atoms with Gasteiger partial charge in [-0.1, -0.05) is 392 Å². The molecule has 0 spiro atoms. The summed E-state index contributed by atoms with van der Waals surface area (Å²) < 4.78 is 17.0. The second-order valence-corrected chi connectivity index (χ2v) is 26.3. The molecule has 0 N–H and O–H groups in total. The minimum absolute atomic E-state index is 0.0643. The zero-order chi connectivity index (χ0) is 59.9. The highest BCUT2D eigenvalue weighted by Gasteiger charge is 2.20. The molecule has 0 radical (unpaired) electrons. The summed E-state index contributed by atoms with van der Waals surface area (Å²) in [5.41, 5.74) is 0. The van der Waals surface area contributed by atoms with Crippen LogP contribution in [0.5, 0.6) is 0 Å². The second-order valence-electron chi connectivity index (χ2n) is 26.3. The number of allylic oxidation sites excluding steroid dienone is 2. The van der Waals surface area contributed by atoms with Gasteiger partial charge in [0.1, 0.15) is 13.2 Å². The molecule has 1 atom stereocenters. The zero-order valence-corrected chi connectivity index (χ0v) is 56.8. The van der Waals surface area contributed by atoms with Gasteiger partial charge in [0.15, 0.2) is 6.10 Å². The van der Waals surface area contributed by atoms with Crippen LogP contribution < -0.4 is 0 Å². The fourth-order valence-electron chi connectivity index (χ4n) is 12.0. The van der Waals surface area contributed by atoms with Crippen LogP contribution in [0.2, 0.25) is 0 Å². The minimum atomic E-state index is -0.767. The molecule has 0 aromatic rings. The Hall–Kier alpha value is -1.85. The molecule has 0 aliphatic heterocycles.